The zero-order chi connectivity index (χ0) is 15.5. The smallest absolute Gasteiger partial charge is 0.407 e. The summed E-state index contributed by atoms with van der Waals surface area (Å²) >= 11 is 0. The Morgan fingerprint density at radius 1 is 1.48 bits per heavy atom. The first kappa shape index (κ1) is 15.0. The second kappa shape index (κ2) is 5.95. The number of nitrogens with one attached hydrogen (secondary N) is 1. The van der Waals surface area contributed by atoms with Gasteiger partial charge in [-0.25, -0.2) is 14.8 Å². The third kappa shape index (κ3) is 4.05. The molecule has 0 aliphatic carbocycles. The van der Waals surface area contributed by atoms with Crippen molar-refractivity contribution in [1.29, 1.82) is 5.26 Å². The van der Waals surface area contributed by atoms with Crippen molar-refractivity contribution in [2.24, 2.45) is 0 Å². The molecule has 2 heterocycles. The highest BCUT2D eigenvalue weighted by Gasteiger charge is 2.28. The Labute approximate surface area is 123 Å². The van der Waals surface area contributed by atoms with Gasteiger partial charge in [-0.15, -0.1) is 0 Å². The second-order valence-corrected chi connectivity index (χ2v) is 5.92. The molecule has 1 aromatic rings. The van der Waals surface area contributed by atoms with Crippen LogP contribution in [-0.4, -0.2) is 40.8 Å². The van der Waals surface area contributed by atoms with E-state index >= 15 is 0 Å². The number of hydrogen-bond acceptors (Lipinski definition) is 6. The molecular formula is C14H19N5O2. The Morgan fingerprint density at radius 3 is 2.86 bits per heavy atom. The van der Waals surface area contributed by atoms with Crippen molar-refractivity contribution in [2.45, 2.75) is 38.8 Å². The van der Waals surface area contributed by atoms with E-state index in [0.717, 1.165) is 6.42 Å². The lowest BCUT2D eigenvalue weighted by molar-refractivity contribution is 0.0509. The van der Waals surface area contributed by atoms with Gasteiger partial charge in [0.1, 0.15) is 11.7 Å². The van der Waals surface area contributed by atoms with E-state index in [0.29, 0.717) is 24.6 Å². The Balaban J connectivity index is 1.95. The first-order chi connectivity index (χ1) is 9.89. The molecule has 0 bridgehead atoms. The van der Waals surface area contributed by atoms with E-state index in [4.69, 9.17) is 10.00 Å². The summed E-state index contributed by atoms with van der Waals surface area (Å²) < 4.78 is 5.24. The van der Waals surface area contributed by atoms with Gasteiger partial charge in [0.25, 0.3) is 0 Å². The maximum Gasteiger partial charge on any atom is 0.407 e. The van der Waals surface area contributed by atoms with E-state index in [1.807, 2.05) is 31.7 Å². The summed E-state index contributed by atoms with van der Waals surface area (Å²) in [6.45, 7) is 6.78. The number of carbonyl (C=O) groups excluding carboxylic acids is 1. The average Bonchev–Trinajstić information content (AvgIpc) is 2.84. The molecule has 1 atom stereocenters. The van der Waals surface area contributed by atoms with Crippen LogP contribution < -0.4 is 10.2 Å². The van der Waals surface area contributed by atoms with Crippen LogP contribution in [0, 0.1) is 11.3 Å². The fourth-order valence-corrected chi connectivity index (χ4v) is 2.19. The van der Waals surface area contributed by atoms with Gasteiger partial charge in [-0.1, -0.05) is 0 Å². The number of alkyl carbamates (subject to hydrolysis) is 1. The van der Waals surface area contributed by atoms with E-state index < -0.39 is 11.7 Å². The molecule has 1 aliphatic rings. The monoisotopic (exact) mass is 289 g/mol. The van der Waals surface area contributed by atoms with Gasteiger partial charge in [-0.05, 0) is 27.2 Å². The van der Waals surface area contributed by atoms with Gasteiger partial charge in [-0.2, -0.15) is 5.26 Å². The van der Waals surface area contributed by atoms with Crippen LogP contribution in [-0.2, 0) is 4.74 Å². The number of nitriles is 1. The molecule has 1 aromatic heterocycles. The van der Waals surface area contributed by atoms with Gasteiger partial charge >= 0.3 is 6.09 Å². The fraction of sp³-hybridized carbons (Fsp3) is 0.571. The first-order valence-electron chi connectivity index (χ1n) is 6.84. The van der Waals surface area contributed by atoms with E-state index in [-0.39, 0.29) is 6.04 Å². The van der Waals surface area contributed by atoms with Crippen molar-refractivity contribution < 1.29 is 9.53 Å². The molecule has 112 valence electrons. The molecule has 7 nitrogen and oxygen atoms in total. The van der Waals surface area contributed by atoms with Crippen molar-refractivity contribution >= 4 is 11.9 Å². The van der Waals surface area contributed by atoms with E-state index in [2.05, 4.69) is 15.3 Å². The van der Waals surface area contributed by atoms with Gasteiger partial charge in [0.05, 0.1) is 6.04 Å². The molecule has 0 saturated carbocycles. The fourth-order valence-electron chi connectivity index (χ4n) is 2.19. The number of anilines is 1. The van der Waals surface area contributed by atoms with Crippen LogP contribution in [0.3, 0.4) is 0 Å². The highest BCUT2D eigenvalue weighted by Crippen LogP contribution is 2.20. The van der Waals surface area contributed by atoms with Crippen LogP contribution in [0.25, 0.3) is 0 Å². The minimum Gasteiger partial charge on any atom is -0.444 e. The maximum atomic E-state index is 11.7. The number of rotatable bonds is 2. The van der Waals surface area contributed by atoms with E-state index in [1.165, 1.54) is 6.20 Å². The number of aromatic nitrogens is 2. The van der Waals surface area contributed by atoms with Crippen molar-refractivity contribution in [3.63, 3.8) is 0 Å². The third-order valence-corrected chi connectivity index (χ3v) is 2.99. The molecule has 1 fully saturated rings. The zero-order valence-electron chi connectivity index (χ0n) is 12.5. The highest BCUT2D eigenvalue weighted by molar-refractivity contribution is 5.68. The predicted molar refractivity (Wildman–Crippen MR) is 76.7 cm³/mol. The van der Waals surface area contributed by atoms with Crippen LogP contribution in [0.1, 0.15) is 32.9 Å². The largest absolute Gasteiger partial charge is 0.444 e. The molecule has 1 saturated heterocycles. The van der Waals surface area contributed by atoms with Crippen molar-refractivity contribution in [3.05, 3.63) is 18.1 Å². The molecule has 7 heteroatoms. The molecule has 1 amide bonds. The van der Waals surface area contributed by atoms with Gasteiger partial charge in [0.2, 0.25) is 0 Å². The topological polar surface area (TPSA) is 91.1 Å². The van der Waals surface area contributed by atoms with E-state index in [1.54, 1.807) is 6.20 Å². The van der Waals surface area contributed by atoms with E-state index in [9.17, 15) is 4.79 Å². The SMILES string of the molecule is CC(C)(C)OC(=O)N[C@H]1CCN(c2nccnc2C#N)C1. The number of carbonyl (C=O) groups is 1. The molecule has 0 aromatic carbocycles. The van der Waals surface area contributed by atoms with Crippen molar-refractivity contribution in [3.8, 4) is 6.07 Å². The van der Waals surface area contributed by atoms with Crippen molar-refractivity contribution in [2.75, 3.05) is 18.0 Å². The summed E-state index contributed by atoms with van der Waals surface area (Å²) in [7, 11) is 0. The van der Waals surface area contributed by atoms with Crippen LogP contribution >= 0.6 is 0 Å². The van der Waals surface area contributed by atoms with Crippen LogP contribution in [0.4, 0.5) is 10.6 Å². The number of hydrogen-bond donors (Lipinski definition) is 1. The Morgan fingerprint density at radius 2 is 2.19 bits per heavy atom. The molecule has 21 heavy (non-hydrogen) atoms. The molecule has 2 rings (SSSR count). The normalized spacial score (nSPS) is 18.2. The lowest BCUT2D eigenvalue weighted by Gasteiger charge is -2.22. The summed E-state index contributed by atoms with van der Waals surface area (Å²) in [4.78, 5) is 21.9. The van der Waals surface area contributed by atoms with Gasteiger partial charge < -0.3 is 15.0 Å². The molecule has 1 N–H and O–H groups in total. The predicted octanol–water partition coefficient (Wildman–Crippen LogP) is 1.45. The number of ether oxygens (including phenoxy) is 1. The Kier molecular flexibility index (Phi) is 4.26. The third-order valence-electron chi connectivity index (χ3n) is 2.99. The summed E-state index contributed by atoms with van der Waals surface area (Å²) in [5.41, 5.74) is -0.211. The summed E-state index contributed by atoms with van der Waals surface area (Å²) in [6.07, 6.45) is 3.41. The maximum absolute atomic E-state index is 11.7. The van der Waals surface area contributed by atoms with Crippen LogP contribution in [0.2, 0.25) is 0 Å². The number of amides is 1. The molecule has 0 unspecified atom stereocenters. The standard InChI is InChI=1S/C14H19N5O2/c1-14(2,3)21-13(20)18-10-4-7-19(9-10)12-11(8-15)16-5-6-17-12/h5-6,10H,4,7,9H2,1-3H3,(H,18,20)/t10-/m0/s1. The van der Waals surface area contributed by atoms with Gasteiger partial charge in [0, 0.05) is 25.5 Å². The molecule has 1 aliphatic heterocycles. The van der Waals surface area contributed by atoms with Crippen molar-refractivity contribution in [1.82, 2.24) is 15.3 Å². The number of nitrogens with zero attached hydrogens (tertiary/aromatic N) is 4. The summed E-state index contributed by atoms with van der Waals surface area (Å²) in [5.74, 6) is 0.563. The lowest BCUT2D eigenvalue weighted by atomic mass is 10.2. The zero-order valence-corrected chi connectivity index (χ0v) is 12.5. The molecule has 0 radical (unpaired) electrons. The minimum absolute atomic E-state index is 0.0200. The minimum atomic E-state index is -0.513. The Hall–Kier alpha value is -2.36. The average molecular weight is 289 g/mol. The van der Waals surface area contributed by atoms with Crippen LogP contribution in [0.5, 0.6) is 0 Å². The summed E-state index contributed by atoms with van der Waals surface area (Å²) in [5, 5.41) is 11.9. The van der Waals surface area contributed by atoms with Gasteiger partial charge in [0.15, 0.2) is 11.5 Å². The van der Waals surface area contributed by atoms with Gasteiger partial charge in [-0.3, -0.25) is 0 Å². The molecular weight excluding hydrogens is 270 g/mol. The highest BCUT2D eigenvalue weighted by atomic mass is 16.6. The quantitative estimate of drug-likeness (QED) is 0.886. The Bertz CT molecular complexity index is 561. The van der Waals surface area contributed by atoms with Crippen LogP contribution in [0.15, 0.2) is 12.4 Å². The second-order valence-electron chi connectivity index (χ2n) is 5.92. The first-order valence-corrected chi connectivity index (χ1v) is 6.84. The molecule has 0 spiro atoms. The summed E-state index contributed by atoms with van der Waals surface area (Å²) in [6, 6.07) is 2.01. The lowest BCUT2D eigenvalue weighted by Crippen LogP contribution is -2.40.